The number of benzene rings is 1. The van der Waals surface area contributed by atoms with E-state index in [0.717, 1.165) is 10.1 Å². The van der Waals surface area contributed by atoms with Gasteiger partial charge in [-0.3, -0.25) is 4.79 Å². The summed E-state index contributed by atoms with van der Waals surface area (Å²) in [5.41, 5.74) is 0.470. The lowest BCUT2D eigenvalue weighted by molar-refractivity contribution is -0.124. The number of nitrogens with one attached hydrogen (secondary N) is 1. The highest BCUT2D eigenvalue weighted by molar-refractivity contribution is 7.17. The molecule has 1 aromatic heterocycles. The van der Waals surface area contributed by atoms with Gasteiger partial charge in [0.1, 0.15) is 0 Å². The van der Waals surface area contributed by atoms with Crippen LogP contribution in [0.15, 0.2) is 29.6 Å². The summed E-state index contributed by atoms with van der Waals surface area (Å²) in [5, 5.41) is 4.89. The van der Waals surface area contributed by atoms with Crippen molar-refractivity contribution in [1.82, 2.24) is 5.32 Å². The molecule has 96 valence electrons. The van der Waals surface area contributed by atoms with E-state index in [1.54, 1.807) is 12.1 Å². The molecule has 0 amide bonds. The Labute approximate surface area is 105 Å². The molecule has 0 aliphatic heterocycles. The van der Waals surface area contributed by atoms with Gasteiger partial charge in [0.25, 0.3) is 0 Å². The van der Waals surface area contributed by atoms with Crippen LogP contribution >= 0.6 is 11.3 Å². The number of ketones is 1. The summed E-state index contributed by atoms with van der Waals surface area (Å²) >= 11 is 1.41. The van der Waals surface area contributed by atoms with Crippen LogP contribution in [0.4, 0.5) is 13.2 Å². The molecule has 1 aromatic carbocycles. The largest absolute Gasteiger partial charge is 0.401 e. The lowest BCUT2D eigenvalue weighted by Crippen LogP contribution is -2.32. The van der Waals surface area contributed by atoms with Crippen LogP contribution in [-0.2, 0) is 0 Å². The number of fused-ring (bicyclic) bond motifs is 1. The second-order valence-electron chi connectivity index (χ2n) is 3.79. The molecule has 6 heteroatoms. The molecular weight excluding hydrogens is 263 g/mol. The van der Waals surface area contributed by atoms with Crippen molar-refractivity contribution in [3.63, 3.8) is 0 Å². The number of halogens is 3. The minimum absolute atomic E-state index is 0.309. The summed E-state index contributed by atoms with van der Waals surface area (Å²) in [5.74, 6) is -0.327. The Morgan fingerprint density at radius 3 is 2.78 bits per heavy atom. The van der Waals surface area contributed by atoms with Gasteiger partial charge in [0.2, 0.25) is 0 Å². The van der Waals surface area contributed by atoms with Crippen LogP contribution in [0.5, 0.6) is 0 Å². The van der Waals surface area contributed by atoms with Gasteiger partial charge >= 0.3 is 6.18 Å². The van der Waals surface area contributed by atoms with E-state index in [1.807, 2.05) is 17.5 Å². The fourth-order valence-electron chi connectivity index (χ4n) is 1.63. The molecule has 18 heavy (non-hydrogen) atoms. The number of alkyl halides is 3. The molecule has 0 aliphatic rings. The first-order valence-corrected chi connectivity index (χ1v) is 6.12. The van der Waals surface area contributed by atoms with Gasteiger partial charge in [0, 0.05) is 10.3 Å². The Hall–Kier alpha value is -1.40. The minimum Gasteiger partial charge on any atom is -0.302 e. The molecule has 0 fully saturated rings. The summed E-state index contributed by atoms with van der Waals surface area (Å²) in [7, 11) is 0. The smallest absolute Gasteiger partial charge is 0.302 e. The molecule has 1 heterocycles. The Balaban J connectivity index is 2.07. The molecule has 0 atom stereocenters. The fraction of sp³-hybridized carbons (Fsp3) is 0.250. The van der Waals surface area contributed by atoms with Gasteiger partial charge in [-0.2, -0.15) is 13.2 Å². The maximum atomic E-state index is 11.9. The molecule has 0 aliphatic carbocycles. The van der Waals surface area contributed by atoms with E-state index in [9.17, 15) is 18.0 Å². The second kappa shape index (κ2) is 5.07. The van der Waals surface area contributed by atoms with Crippen molar-refractivity contribution < 1.29 is 18.0 Å². The summed E-state index contributed by atoms with van der Waals surface area (Å²) in [6.45, 7) is -1.46. The van der Waals surface area contributed by atoms with Crippen LogP contribution in [-0.4, -0.2) is 25.0 Å². The van der Waals surface area contributed by atoms with E-state index in [1.165, 1.54) is 11.3 Å². The van der Waals surface area contributed by atoms with Crippen molar-refractivity contribution >= 4 is 27.2 Å². The van der Waals surface area contributed by atoms with E-state index in [-0.39, 0.29) is 12.3 Å². The number of thiophene rings is 1. The van der Waals surface area contributed by atoms with Crippen LogP contribution in [0.2, 0.25) is 0 Å². The SMILES string of the molecule is O=C(CNCC(F)(F)F)c1cccc2ccsc12. The van der Waals surface area contributed by atoms with E-state index < -0.39 is 12.7 Å². The molecule has 2 aromatic rings. The predicted octanol–water partition coefficient (Wildman–Crippen LogP) is 3.24. The zero-order valence-electron chi connectivity index (χ0n) is 9.25. The summed E-state index contributed by atoms with van der Waals surface area (Å²) in [6, 6.07) is 7.11. The molecule has 0 spiro atoms. The normalized spacial score (nSPS) is 11.9. The van der Waals surface area contributed by atoms with Crippen LogP contribution in [0.1, 0.15) is 10.4 Å². The van der Waals surface area contributed by atoms with Gasteiger partial charge in [-0.15, -0.1) is 11.3 Å². The van der Waals surface area contributed by atoms with Gasteiger partial charge in [-0.1, -0.05) is 12.1 Å². The van der Waals surface area contributed by atoms with Gasteiger partial charge in [-0.25, -0.2) is 0 Å². The van der Waals surface area contributed by atoms with E-state index in [4.69, 9.17) is 0 Å². The third-order valence-corrected chi connectivity index (χ3v) is 3.35. The first kappa shape index (κ1) is 13.0. The third-order valence-electron chi connectivity index (χ3n) is 2.39. The number of hydrogen-bond acceptors (Lipinski definition) is 3. The van der Waals surface area contributed by atoms with Crippen LogP contribution < -0.4 is 5.32 Å². The zero-order valence-corrected chi connectivity index (χ0v) is 10.1. The minimum atomic E-state index is -4.30. The first-order chi connectivity index (χ1) is 8.47. The molecule has 0 bridgehead atoms. The highest BCUT2D eigenvalue weighted by Crippen LogP contribution is 2.24. The number of Topliss-reactive ketones (excluding diaryl/α,β-unsaturated/α-hetero) is 1. The highest BCUT2D eigenvalue weighted by Gasteiger charge is 2.26. The van der Waals surface area contributed by atoms with Crippen molar-refractivity contribution in [3.8, 4) is 0 Å². The summed E-state index contributed by atoms with van der Waals surface area (Å²) in [4.78, 5) is 11.8. The molecule has 1 N–H and O–H groups in total. The molecule has 0 radical (unpaired) electrons. The first-order valence-electron chi connectivity index (χ1n) is 5.24. The van der Waals surface area contributed by atoms with Gasteiger partial charge < -0.3 is 5.32 Å². The van der Waals surface area contributed by atoms with Gasteiger partial charge in [0.05, 0.1) is 13.1 Å². The van der Waals surface area contributed by atoms with E-state index in [2.05, 4.69) is 5.32 Å². The van der Waals surface area contributed by atoms with E-state index in [0.29, 0.717) is 5.56 Å². The Kier molecular flexibility index (Phi) is 3.68. The van der Waals surface area contributed by atoms with Gasteiger partial charge in [0.15, 0.2) is 5.78 Å². The van der Waals surface area contributed by atoms with Crippen LogP contribution in [0.3, 0.4) is 0 Å². The molecule has 2 nitrogen and oxygen atoms in total. The lowest BCUT2D eigenvalue weighted by atomic mass is 10.1. The monoisotopic (exact) mass is 273 g/mol. The molecule has 0 saturated heterocycles. The van der Waals surface area contributed by atoms with Crippen molar-refractivity contribution in [2.45, 2.75) is 6.18 Å². The number of rotatable bonds is 4. The zero-order chi connectivity index (χ0) is 13.2. The standard InChI is InChI=1S/C12H10F3NOS/c13-12(14,15)7-16-6-10(17)9-3-1-2-8-4-5-18-11(8)9/h1-5,16H,6-7H2. The summed E-state index contributed by atoms with van der Waals surface area (Å²) < 4.78 is 36.6. The lowest BCUT2D eigenvalue weighted by Gasteiger charge is -2.07. The number of carbonyl (C=O) groups excluding carboxylic acids is 1. The average molecular weight is 273 g/mol. The topological polar surface area (TPSA) is 29.1 Å². The van der Waals surface area contributed by atoms with Crippen LogP contribution in [0, 0.1) is 0 Å². The Morgan fingerprint density at radius 1 is 1.28 bits per heavy atom. The predicted molar refractivity (Wildman–Crippen MR) is 65.1 cm³/mol. The van der Waals surface area contributed by atoms with Crippen molar-refractivity contribution in [1.29, 1.82) is 0 Å². The molecule has 0 saturated carbocycles. The third kappa shape index (κ3) is 3.08. The van der Waals surface area contributed by atoms with E-state index >= 15 is 0 Å². The summed E-state index contributed by atoms with van der Waals surface area (Å²) in [6.07, 6.45) is -4.30. The Morgan fingerprint density at radius 2 is 2.06 bits per heavy atom. The fourth-order valence-corrected chi connectivity index (χ4v) is 2.56. The maximum absolute atomic E-state index is 11.9. The molecular formula is C12H10F3NOS. The van der Waals surface area contributed by atoms with Gasteiger partial charge in [-0.05, 0) is 22.9 Å². The van der Waals surface area contributed by atoms with Crippen molar-refractivity contribution in [2.75, 3.05) is 13.1 Å². The van der Waals surface area contributed by atoms with Crippen molar-refractivity contribution in [2.24, 2.45) is 0 Å². The number of carbonyl (C=O) groups is 1. The average Bonchev–Trinajstić information content (AvgIpc) is 2.74. The van der Waals surface area contributed by atoms with Crippen LogP contribution in [0.25, 0.3) is 10.1 Å². The molecule has 0 unspecified atom stereocenters. The van der Waals surface area contributed by atoms with Crippen molar-refractivity contribution in [3.05, 3.63) is 35.2 Å². The second-order valence-corrected chi connectivity index (χ2v) is 4.70. The number of hydrogen-bond donors (Lipinski definition) is 1. The maximum Gasteiger partial charge on any atom is 0.401 e. The Bertz CT molecular complexity index is 562. The highest BCUT2D eigenvalue weighted by atomic mass is 32.1. The quantitative estimate of drug-likeness (QED) is 0.866. The molecule has 2 rings (SSSR count).